The maximum atomic E-state index is 12.5. The van der Waals surface area contributed by atoms with Gasteiger partial charge in [-0.05, 0) is 52.9 Å². The van der Waals surface area contributed by atoms with E-state index in [0.29, 0.717) is 0 Å². The van der Waals surface area contributed by atoms with Crippen molar-refractivity contribution in [3.8, 4) is 0 Å². The van der Waals surface area contributed by atoms with Crippen LogP contribution in [0.25, 0.3) is 0 Å². The lowest BCUT2D eigenvalue weighted by Gasteiger charge is -2.31. The van der Waals surface area contributed by atoms with Crippen LogP contribution >= 0.6 is 22.6 Å². The first-order valence-corrected chi connectivity index (χ1v) is 8.08. The van der Waals surface area contributed by atoms with Crippen LogP contribution in [0.15, 0.2) is 48.7 Å². The summed E-state index contributed by atoms with van der Waals surface area (Å²) in [5, 5.41) is 0. The first-order valence-electron chi connectivity index (χ1n) is 7.00. The summed E-state index contributed by atoms with van der Waals surface area (Å²) >= 11 is 2.25. The van der Waals surface area contributed by atoms with Crippen molar-refractivity contribution in [2.24, 2.45) is 0 Å². The van der Waals surface area contributed by atoms with Crippen molar-refractivity contribution in [2.45, 2.75) is 0 Å². The first kappa shape index (κ1) is 14.3. The SMILES string of the molecule is O=C(c1ccc(I)cc1)N1CCN(c2cccc[nH+]2)CC1. The molecule has 0 unspecified atom stereocenters. The van der Waals surface area contributed by atoms with Crippen LogP contribution in [0.4, 0.5) is 5.82 Å². The first-order chi connectivity index (χ1) is 10.2. The Bertz CT molecular complexity index is 607. The molecule has 1 amide bonds. The Labute approximate surface area is 137 Å². The second-order valence-corrected chi connectivity index (χ2v) is 6.28. The third-order valence-corrected chi connectivity index (χ3v) is 4.41. The van der Waals surface area contributed by atoms with Crippen molar-refractivity contribution in [3.63, 3.8) is 0 Å². The second kappa shape index (κ2) is 6.43. The molecule has 1 aromatic heterocycles. The molecule has 4 nitrogen and oxygen atoms in total. The minimum Gasteiger partial charge on any atom is -0.331 e. The summed E-state index contributed by atoms with van der Waals surface area (Å²) in [6, 6.07) is 13.8. The van der Waals surface area contributed by atoms with E-state index in [2.05, 4.69) is 38.5 Å². The number of aromatic nitrogens is 1. The molecule has 1 N–H and O–H groups in total. The van der Waals surface area contributed by atoms with E-state index in [0.717, 1.165) is 41.1 Å². The number of carbonyl (C=O) groups excluding carboxylic acids is 1. The Kier molecular flexibility index (Phi) is 4.38. The minimum atomic E-state index is 0.128. The van der Waals surface area contributed by atoms with Crippen molar-refractivity contribution in [1.82, 2.24) is 4.90 Å². The smallest absolute Gasteiger partial charge is 0.274 e. The van der Waals surface area contributed by atoms with Gasteiger partial charge in [-0.15, -0.1) is 0 Å². The van der Waals surface area contributed by atoms with Crippen LogP contribution in [0.2, 0.25) is 0 Å². The Morgan fingerprint density at radius 1 is 1.00 bits per heavy atom. The maximum absolute atomic E-state index is 12.5. The molecule has 0 aliphatic carbocycles. The predicted octanol–water partition coefficient (Wildman–Crippen LogP) is 2.07. The van der Waals surface area contributed by atoms with Crippen LogP contribution in [0.3, 0.4) is 0 Å². The predicted molar refractivity (Wildman–Crippen MR) is 90.3 cm³/mol. The van der Waals surface area contributed by atoms with Gasteiger partial charge in [-0.1, -0.05) is 6.07 Å². The molecule has 3 rings (SSSR count). The number of carbonyl (C=O) groups is 1. The molecule has 5 heteroatoms. The van der Waals surface area contributed by atoms with Crippen molar-refractivity contribution < 1.29 is 9.78 Å². The number of piperazine rings is 1. The summed E-state index contributed by atoms with van der Waals surface area (Å²) in [6.07, 6.45) is 1.93. The van der Waals surface area contributed by atoms with E-state index in [1.54, 1.807) is 0 Å². The molecule has 1 aromatic carbocycles. The lowest BCUT2D eigenvalue weighted by molar-refractivity contribution is -0.364. The summed E-state index contributed by atoms with van der Waals surface area (Å²) in [7, 11) is 0. The van der Waals surface area contributed by atoms with Gasteiger partial charge in [0, 0.05) is 15.2 Å². The number of rotatable bonds is 2. The van der Waals surface area contributed by atoms with Gasteiger partial charge in [0.2, 0.25) is 0 Å². The van der Waals surface area contributed by atoms with Crippen molar-refractivity contribution in [1.29, 1.82) is 0 Å². The quantitative estimate of drug-likeness (QED) is 0.732. The summed E-state index contributed by atoms with van der Waals surface area (Å²) < 4.78 is 1.15. The zero-order valence-corrected chi connectivity index (χ0v) is 13.8. The number of benzene rings is 1. The number of anilines is 1. The number of hydrogen-bond acceptors (Lipinski definition) is 2. The summed E-state index contributed by atoms with van der Waals surface area (Å²) in [6.45, 7) is 3.23. The van der Waals surface area contributed by atoms with Gasteiger partial charge in [-0.2, -0.15) is 0 Å². The van der Waals surface area contributed by atoms with E-state index in [1.165, 1.54) is 0 Å². The molecule has 1 saturated heterocycles. The topological polar surface area (TPSA) is 37.7 Å². The molecule has 1 aliphatic rings. The Hall–Kier alpha value is -1.63. The third kappa shape index (κ3) is 3.34. The Balaban J connectivity index is 1.63. The van der Waals surface area contributed by atoms with Gasteiger partial charge in [0.05, 0.1) is 19.3 Å². The highest BCUT2D eigenvalue weighted by molar-refractivity contribution is 14.1. The zero-order chi connectivity index (χ0) is 14.7. The molecular weight excluding hydrogens is 377 g/mol. The standard InChI is InChI=1S/C16H16IN3O/c17-14-6-4-13(5-7-14)16(21)20-11-9-19(10-12-20)15-3-1-2-8-18-15/h1-8H,9-12H2/p+1. The lowest BCUT2D eigenvalue weighted by Crippen LogP contribution is -2.50. The second-order valence-electron chi connectivity index (χ2n) is 5.03. The molecule has 2 heterocycles. The van der Waals surface area contributed by atoms with Crippen LogP contribution < -0.4 is 9.88 Å². The highest BCUT2D eigenvalue weighted by Gasteiger charge is 2.26. The van der Waals surface area contributed by atoms with Crippen molar-refractivity contribution >= 4 is 34.3 Å². The zero-order valence-electron chi connectivity index (χ0n) is 11.6. The molecule has 1 aliphatic heterocycles. The van der Waals surface area contributed by atoms with E-state index >= 15 is 0 Å². The molecule has 2 aromatic rings. The van der Waals surface area contributed by atoms with Gasteiger partial charge >= 0.3 is 0 Å². The average Bonchev–Trinajstić information content (AvgIpc) is 2.56. The summed E-state index contributed by atoms with van der Waals surface area (Å²) in [5.74, 6) is 1.24. The summed E-state index contributed by atoms with van der Waals surface area (Å²) in [5.41, 5.74) is 0.773. The number of amides is 1. The van der Waals surface area contributed by atoms with Crippen LogP contribution in [-0.2, 0) is 0 Å². The van der Waals surface area contributed by atoms with E-state index in [9.17, 15) is 4.79 Å². The number of aromatic amines is 1. The van der Waals surface area contributed by atoms with Gasteiger partial charge in [-0.3, -0.25) is 9.69 Å². The largest absolute Gasteiger partial charge is 0.331 e. The van der Waals surface area contributed by atoms with Gasteiger partial charge in [0.15, 0.2) is 0 Å². The average molecular weight is 394 g/mol. The highest BCUT2D eigenvalue weighted by atomic mass is 127. The maximum Gasteiger partial charge on any atom is 0.274 e. The van der Waals surface area contributed by atoms with E-state index in [4.69, 9.17) is 0 Å². The molecule has 0 spiro atoms. The molecular formula is C16H17IN3O+. The monoisotopic (exact) mass is 394 g/mol. The fourth-order valence-electron chi connectivity index (χ4n) is 2.51. The van der Waals surface area contributed by atoms with Crippen LogP contribution in [0, 0.1) is 3.57 Å². The molecule has 0 atom stereocenters. The van der Waals surface area contributed by atoms with Crippen molar-refractivity contribution in [2.75, 3.05) is 31.1 Å². The molecule has 1 fully saturated rings. The molecule has 0 bridgehead atoms. The summed E-state index contributed by atoms with van der Waals surface area (Å²) in [4.78, 5) is 19.9. The highest BCUT2D eigenvalue weighted by Crippen LogP contribution is 2.14. The van der Waals surface area contributed by atoms with E-state index in [1.807, 2.05) is 47.5 Å². The molecule has 108 valence electrons. The third-order valence-electron chi connectivity index (χ3n) is 3.69. The van der Waals surface area contributed by atoms with Gasteiger partial charge < -0.3 is 4.90 Å². The fourth-order valence-corrected chi connectivity index (χ4v) is 2.87. The van der Waals surface area contributed by atoms with E-state index in [-0.39, 0.29) is 5.91 Å². The number of pyridine rings is 1. The van der Waals surface area contributed by atoms with Gasteiger partial charge in [0.25, 0.3) is 11.7 Å². The number of H-pyrrole nitrogens is 1. The molecule has 0 saturated carbocycles. The molecule has 21 heavy (non-hydrogen) atoms. The molecule has 0 radical (unpaired) electrons. The van der Waals surface area contributed by atoms with Gasteiger partial charge in [-0.25, -0.2) is 4.98 Å². The van der Waals surface area contributed by atoms with E-state index < -0.39 is 0 Å². The van der Waals surface area contributed by atoms with Gasteiger partial charge in [0.1, 0.15) is 13.1 Å². The number of hydrogen-bond donors (Lipinski definition) is 0. The Morgan fingerprint density at radius 2 is 1.71 bits per heavy atom. The van der Waals surface area contributed by atoms with Crippen LogP contribution in [0.5, 0.6) is 0 Å². The minimum absolute atomic E-state index is 0.128. The fraction of sp³-hybridized carbons (Fsp3) is 0.250. The number of halogens is 1. The number of nitrogens with zero attached hydrogens (tertiary/aromatic N) is 2. The lowest BCUT2D eigenvalue weighted by atomic mass is 10.2. The van der Waals surface area contributed by atoms with Crippen molar-refractivity contribution in [3.05, 3.63) is 57.8 Å². The number of nitrogens with one attached hydrogen (secondary N) is 1. The van der Waals surface area contributed by atoms with Crippen LogP contribution in [0.1, 0.15) is 10.4 Å². The Morgan fingerprint density at radius 3 is 2.33 bits per heavy atom. The normalized spacial score (nSPS) is 15.1. The van der Waals surface area contributed by atoms with Crippen LogP contribution in [-0.4, -0.2) is 37.0 Å².